The van der Waals surface area contributed by atoms with Crippen LogP contribution in [0.15, 0.2) is 24.3 Å². The number of rotatable bonds is 5. The summed E-state index contributed by atoms with van der Waals surface area (Å²) in [6, 6.07) is 6.85. The van der Waals surface area contributed by atoms with Crippen molar-refractivity contribution in [2.45, 2.75) is 39.0 Å². The Kier molecular flexibility index (Phi) is 5.45. The number of halogens is 1. The third-order valence-corrected chi connectivity index (χ3v) is 6.16. The topological polar surface area (TPSA) is 72.2 Å². The molecule has 1 aromatic heterocycles. The molecule has 132 valence electrons. The SMILES string of the molecule is CCC[C@H]1CCc2c(sc(NC(=O)c3ccccc3Cl)c2C(N)=O)C1. The van der Waals surface area contributed by atoms with Gasteiger partial charge in [0.1, 0.15) is 5.00 Å². The summed E-state index contributed by atoms with van der Waals surface area (Å²) in [4.78, 5) is 25.7. The summed E-state index contributed by atoms with van der Waals surface area (Å²) in [5.74, 6) is -0.165. The molecule has 25 heavy (non-hydrogen) atoms. The van der Waals surface area contributed by atoms with Crippen LogP contribution in [-0.2, 0) is 12.8 Å². The maximum Gasteiger partial charge on any atom is 0.257 e. The van der Waals surface area contributed by atoms with Crippen molar-refractivity contribution >= 4 is 39.8 Å². The lowest BCUT2D eigenvalue weighted by atomic mass is 9.84. The van der Waals surface area contributed by atoms with Gasteiger partial charge in [0.25, 0.3) is 11.8 Å². The van der Waals surface area contributed by atoms with E-state index in [1.807, 2.05) is 0 Å². The number of carbonyl (C=O) groups excluding carboxylic acids is 2. The molecule has 1 aromatic carbocycles. The Morgan fingerprint density at radius 3 is 2.80 bits per heavy atom. The molecule has 4 nitrogen and oxygen atoms in total. The minimum absolute atomic E-state index is 0.322. The number of amides is 2. The van der Waals surface area contributed by atoms with Crippen LogP contribution in [0.3, 0.4) is 0 Å². The van der Waals surface area contributed by atoms with Crippen molar-refractivity contribution < 1.29 is 9.59 Å². The molecule has 0 unspecified atom stereocenters. The summed E-state index contributed by atoms with van der Waals surface area (Å²) in [6.07, 6.45) is 5.21. The number of hydrogen-bond donors (Lipinski definition) is 2. The molecule has 0 saturated carbocycles. The van der Waals surface area contributed by atoms with Crippen molar-refractivity contribution in [2.75, 3.05) is 5.32 Å². The zero-order valence-electron chi connectivity index (χ0n) is 14.1. The molecule has 2 aromatic rings. The van der Waals surface area contributed by atoms with Crippen molar-refractivity contribution in [3.8, 4) is 0 Å². The highest BCUT2D eigenvalue weighted by atomic mass is 35.5. The minimum atomic E-state index is -0.485. The predicted molar refractivity (Wildman–Crippen MR) is 103 cm³/mol. The summed E-state index contributed by atoms with van der Waals surface area (Å²) < 4.78 is 0. The number of primary amides is 1. The summed E-state index contributed by atoms with van der Waals surface area (Å²) >= 11 is 7.57. The van der Waals surface area contributed by atoms with E-state index in [0.29, 0.717) is 27.1 Å². The van der Waals surface area contributed by atoms with E-state index in [1.165, 1.54) is 22.6 Å². The summed E-state index contributed by atoms with van der Waals surface area (Å²) in [6.45, 7) is 2.19. The lowest BCUT2D eigenvalue weighted by Crippen LogP contribution is -2.20. The van der Waals surface area contributed by atoms with E-state index >= 15 is 0 Å². The van der Waals surface area contributed by atoms with Crippen LogP contribution in [0.4, 0.5) is 5.00 Å². The van der Waals surface area contributed by atoms with Crippen LogP contribution < -0.4 is 11.1 Å². The van der Waals surface area contributed by atoms with Crippen LogP contribution in [0, 0.1) is 5.92 Å². The first-order valence-corrected chi connectivity index (χ1v) is 9.70. The minimum Gasteiger partial charge on any atom is -0.365 e. The molecule has 0 spiro atoms. The smallest absolute Gasteiger partial charge is 0.257 e. The fourth-order valence-electron chi connectivity index (χ4n) is 3.47. The molecule has 1 atom stereocenters. The Balaban J connectivity index is 1.90. The second-order valence-electron chi connectivity index (χ2n) is 6.40. The highest BCUT2D eigenvalue weighted by molar-refractivity contribution is 7.17. The molecule has 0 fully saturated rings. The van der Waals surface area contributed by atoms with Crippen LogP contribution in [0.1, 0.15) is 57.3 Å². The van der Waals surface area contributed by atoms with E-state index in [1.54, 1.807) is 24.3 Å². The third-order valence-electron chi connectivity index (χ3n) is 4.66. The number of hydrogen-bond acceptors (Lipinski definition) is 3. The Morgan fingerprint density at radius 1 is 1.36 bits per heavy atom. The monoisotopic (exact) mass is 376 g/mol. The molecule has 3 rings (SSSR count). The van der Waals surface area contributed by atoms with Crippen molar-refractivity contribution in [1.82, 2.24) is 0 Å². The lowest BCUT2D eigenvalue weighted by Gasteiger charge is -2.21. The van der Waals surface area contributed by atoms with Gasteiger partial charge in [-0.1, -0.05) is 43.5 Å². The van der Waals surface area contributed by atoms with Crippen LogP contribution in [0.25, 0.3) is 0 Å². The fraction of sp³-hybridized carbons (Fsp3) is 0.368. The van der Waals surface area contributed by atoms with E-state index < -0.39 is 5.91 Å². The van der Waals surface area contributed by atoms with E-state index in [-0.39, 0.29) is 5.91 Å². The number of benzene rings is 1. The Labute approximate surface area is 156 Å². The van der Waals surface area contributed by atoms with Crippen molar-refractivity contribution in [3.63, 3.8) is 0 Å². The molecule has 6 heteroatoms. The van der Waals surface area contributed by atoms with Crippen LogP contribution >= 0.6 is 22.9 Å². The maximum absolute atomic E-state index is 12.5. The van der Waals surface area contributed by atoms with Crippen molar-refractivity contribution in [2.24, 2.45) is 11.7 Å². The highest BCUT2D eigenvalue weighted by Gasteiger charge is 2.28. The molecule has 1 aliphatic rings. The number of fused-ring (bicyclic) bond motifs is 1. The van der Waals surface area contributed by atoms with Gasteiger partial charge in [0.05, 0.1) is 16.1 Å². The van der Waals surface area contributed by atoms with E-state index in [2.05, 4.69) is 12.2 Å². The zero-order valence-corrected chi connectivity index (χ0v) is 15.7. The average Bonchev–Trinajstić information content (AvgIpc) is 2.92. The molecular weight excluding hydrogens is 356 g/mol. The third kappa shape index (κ3) is 3.72. The van der Waals surface area contributed by atoms with Gasteiger partial charge in [-0.2, -0.15) is 0 Å². The molecule has 0 saturated heterocycles. The molecule has 1 heterocycles. The van der Waals surface area contributed by atoms with Crippen LogP contribution in [-0.4, -0.2) is 11.8 Å². The highest BCUT2D eigenvalue weighted by Crippen LogP contribution is 2.40. The normalized spacial score (nSPS) is 16.3. The van der Waals surface area contributed by atoms with Gasteiger partial charge in [-0.3, -0.25) is 9.59 Å². The summed E-state index contributed by atoms with van der Waals surface area (Å²) in [5, 5.41) is 3.77. The quantitative estimate of drug-likeness (QED) is 0.796. The number of anilines is 1. The number of nitrogens with one attached hydrogen (secondary N) is 1. The number of thiophene rings is 1. The number of carbonyl (C=O) groups is 2. The van der Waals surface area contributed by atoms with Gasteiger partial charge in [0.15, 0.2) is 0 Å². The second-order valence-corrected chi connectivity index (χ2v) is 7.92. The van der Waals surface area contributed by atoms with Gasteiger partial charge in [-0.25, -0.2) is 0 Å². The first-order chi connectivity index (χ1) is 12.0. The Bertz CT molecular complexity index is 816. The number of nitrogens with two attached hydrogens (primary N) is 1. The fourth-order valence-corrected chi connectivity index (χ4v) is 5.06. The van der Waals surface area contributed by atoms with Gasteiger partial charge in [-0.05, 0) is 42.9 Å². The lowest BCUT2D eigenvalue weighted by molar-refractivity contribution is 0.1000. The van der Waals surface area contributed by atoms with Gasteiger partial charge in [0, 0.05) is 4.88 Å². The first-order valence-electron chi connectivity index (χ1n) is 8.51. The molecule has 0 aliphatic heterocycles. The maximum atomic E-state index is 12.5. The van der Waals surface area contributed by atoms with Gasteiger partial charge < -0.3 is 11.1 Å². The largest absolute Gasteiger partial charge is 0.365 e. The van der Waals surface area contributed by atoms with E-state index in [9.17, 15) is 9.59 Å². The van der Waals surface area contributed by atoms with Gasteiger partial charge >= 0.3 is 0 Å². The average molecular weight is 377 g/mol. The summed E-state index contributed by atoms with van der Waals surface area (Å²) in [7, 11) is 0. The molecule has 0 radical (unpaired) electrons. The Morgan fingerprint density at radius 2 is 2.12 bits per heavy atom. The van der Waals surface area contributed by atoms with Crippen LogP contribution in [0.5, 0.6) is 0 Å². The van der Waals surface area contributed by atoms with Crippen molar-refractivity contribution in [1.29, 1.82) is 0 Å². The van der Waals surface area contributed by atoms with E-state index in [0.717, 1.165) is 31.2 Å². The van der Waals surface area contributed by atoms with Crippen LogP contribution in [0.2, 0.25) is 5.02 Å². The second kappa shape index (κ2) is 7.58. The molecule has 3 N–H and O–H groups in total. The molecule has 0 bridgehead atoms. The Hall–Kier alpha value is -1.85. The summed E-state index contributed by atoms with van der Waals surface area (Å²) in [5.41, 5.74) is 7.48. The van der Waals surface area contributed by atoms with Gasteiger partial charge in [0.2, 0.25) is 0 Å². The van der Waals surface area contributed by atoms with E-state index in [4.69, 9.17) is 17.3 Å². The molecular formula is C19H21ClN2O2S. The zero-order chi connectivity index (χ0) is 18.0. The van der Waals surface area contributed by atoms with Gasteiger partial charge in [-0.15, -0.1) is 11.3 Å². The predicted octanol–water partition coefficient (Wildman–Crippen LogP) is 4.66. The molecule has 1 aliphatic carbocycles. The molecule has 2 amide bonds. The standard InChI is InChI=1S/C19H21ClN2O2S/c1-2-5-11-8-9-13-15(10-11)25-19(16(13)17(21)23)22-18(24)12-6-3-4-7-14(12)20/h3-4,6-7,11H,2,5,8-10H2,1H3,(H2,21,23)(H,22,24)/t11-/m0/s1. The first kappa shape index (κ1) is 18.0. The van der Waals surface area contributed by atoms with Crippen molar-refractivity contribution in [3.05, 3.63) is 50.9 Å².